The third-order valence-corrected chi connectivity index (χ3v) is 5.91. The van der Waals surface area contributed by atoms with Crippen LogP contribution in [0, 0.1) is 10.8 Å². The lowest BCUT2D eigenvalue weighted by molar-refractivity contribution is -0.304. The first-order valence-electron chi connectivity index (χ1n) is 9.48. The zero-order valence-corrected chi connectivity index (χ0v) is 19.5. The number of fused-ring (bicyclic) bond motifs is 3. The van der Waals surface area contributed by atoms with Gasteiger partial charge in [-0.15, -0.1) is 0 Å². The second kappa shape index (κ2) is 7.48. The van der Waals surface area contributed by atoms with E-state index >= 15 is 0 Å². The maximum atomic E-state index is 12.4. The number of furan rings is 1. The van der Waals surface area contributed by atoms with Crippen LogP contribution >= 0.6 is 27.5 Å². The van der Waals surface area contributed by atoms with Crippen molar-refractivity contribution in [2.45, 2.75) is 75.3 Å². The maximum Gasteiger partial charge on any atom is 0.297 e. The first-order chi connectivity index (χ1) is 14.0. The molecule has 0 bridgehead atoms. The largest absolute Gasteiger partial charge is 0.449 e. The topological polar surface area (TPSA) is 88.4 Å². The highest BCUT2D eigenvalue weighted by atomic mass is 79.9. The molecule has 0 unspecified atom stereocenters. The highest BCUT2D eigenvalue weighted by Gasteiger charge is 2.73. The highest BCUT2D eigenvalue weighted by Crippen LogP contribution is 2.56. The van der Waals surface area contributed by atoms with Gasteiger partial charge in [0.1, 0.15) is 24.1 Å². The van der Waals surface area contributed by atoms with Gasteiger partial charge in [0.15, 0.2) is 16.8 Å². The van der Waals surface area contributed by atoms with E-state index in [2.05, 4.69) is 32.0 Å². The van der Waals surface area contributed by atoms with Gasteiger partial charge in [0.25, 0.3) is 5.91 Å². The molecule has 2 saturated heterocycles. The molecule has 3 aliphatic rings. The molecule has 0 spiro atoms. The Kier molecular flexibility index (Phi) is 5.51. The Bertz CT molecular complexity index is 906. The van der Waals surface area contributed by atoms with E-state index < -0.39 is 53.5 Å². The zero-order chi connectivity index (χ0) is 21.9. The van der Waals surface area contributed by atoms with Crippen LogP contribution in [0.4, 0.5) is 0 Å². The summed E-state index contributed by atoms with van der Waals surface area (Å²) in [5, 5.41) is 3.14. The van der Waals surface area contributed by atoms with E-state index in [-0.39, 0.29) is 5.22 Å². The molecule has 1 amide bonds. The first kappa shape index (κ1) is 22.1. The quantitative estimate of drug-likeness (QED) is 0.633. The third kappa shape index (κ3) is 3.58. The second-order valence-corrected chi connectivity index (χ2v) is 9.14. The van der Waals surface area contributed by atoms with Crippen molar-refractivity contribution in [1.29, 1.82) is 0 Å². The molecule has 0 radical (unpaired) electrons. The Labute approximate surface area is 187 Å². The lowest BCUT2D eigenvalue weighted by atomic mass is 9.73. The predicted molar refractivity (Wildman–Crippen MR) is 109 cm³/mol. The highest BCUT2D eigenvalue weighted by molar-refractivity contribution is 9.12. The first-order valence-corrected chi connectivity index (χ1v) is 10.7. The van der Waals surface area contributed by atoms with Gasteiger partial charge in [-0.25, -0.2) is 0 Å². The van der Waals surface area contributed by atoms with Crippen molar-refractivity contribution < 1.29 is 32.9 Å². The van der Waals surface area contributed by atoms with Crippen LogP contribution in [0.1, 0.15) is 39.4 Å². The fourth-order valence-electron chi connectivity index (χ4n) is 4.66. The molecule has 10 heteroatoms. The Balaban J connectivity index is 1.87. The number of ether oxygens (including phenoxy) is 5. The van der Waals surface area contributed by atoms with Gasteiger partial charge < -0.3 is 33.4 Å². The number of methoxy groups -OCH3 is 1. The van der Waals surface area contributed by atoms with E-state index in [1.165, 1.54) is 7.11 Å². The maximum absolute atomic E-state index is 12.4. The van der Waals surface area contributed by atoms with Crippen molar-refractivity contribution in [3.05, 3.63) is 23.1 Å². The molecule has 164 valence electrons. The molecule has 1 N–H and O–H groups in total. The van der Waals surface area contributed by atoms with Gasteiger partial charge in [0, 0.05) is 29.0 Å². The number of hydrogen-bond donors (Lipinski definition) is 1. The van der Waals surface area contributed by atoms with Crippen LogP contribution < -0.4 is 5.32 Å². The standard InChI is InChI=1S/C20H23BrClNO7/c1-18(2)27-15-14(23-12(24)8-9-21)13(10-6-7-11(22)26-10)16-20(25-5,17(15)29-18)30-19(3,4)28-16/h6-7,13-17H,1-5H3,(H,23,24)/t13-,14-,15+,16-,17+,20-/m1/s1. The molecule has 8 nitrogen and oxygen atoms in total. The van der Waals surface area contributed by atoms with Crippen molar-refractivity contribution >= 4 is 33.4 Å². The number of hydrogen-bond acceptors (Lipinski definition) is 7. The SMILES string of the molecule is CO[C@@]12OC(C)(C)O[C@@H]1[C@H](c1ccc(Cl)o1)[C@@H](NC(=O)C#CBr)[C@@H]1OC(C)(C)O[C@@H]12. The fraction of sp³-hybridized carbons (Fsp3) is 0.650. The number of nitrogens with one attached hydrogen (secondary N) is 1. The molecule has 4 rings (SSSR count). The molecular weight excluding hydrogens is 482 g/mol. The van der Waals surface area contributed by atoms with Crippen LogP contribution in [0.5, 0.6) is 0 Å². The molecular formula is C20H23BrClNO7. The van der Waals surface area contributed by atoms with Crippen LogP contribution in [-0.4, -0.2) is 54.7 Å². The van der Waals surface area contributed by atoms with E-state index in [9.17, 15) is 4.79 Å². The number of halogens is 2. The average molecular weight is 505 g/mol. The van der Waals surface area contributed by atoms with Gasteiger partial charge in [0.05, 0.1) is 12.0 Å². The average Bonchev–Trinajstić information content (AvgIpc) is 3.28. The summed E-state index contributed by atoms with van der Waals surface area (Å²) in [4.78, 5) is 14.9. The van der Waals surface area contributed by atoms with Crippen molar-refractivity contribution in [1.82, 2.24) is 5.32 Å². The van der Waals surface area contributed by atoms with Crippen LogP contribution in [0.3, 0.4) is 0 Å². The predicted octanol–water partition coefficient (Wildman–Crippen LogP) is 2.89. The van der Waals surface area contributed by atoms with Gasteiger partial charge in [-0.05, 0) is 56.3 Å². The van der Waals surface area contributed by atoms with Crippen molar-refractivity contribution in [3.8, 4) is 10.8 Å². The van der Waals surface area contributed by atoms with Gasteiger partial charge in [0.2, 0.25) is 5.79 Å². The third-order valence-electron chi connectivity index (χ3n) is 5.51. The van der Waals surface area contributed by atoms with E-state index in [1.54, 1.807) is 39.8 Å². The van der Waals surface area contributed by atoms with E-state index in [1.807, 2.05) is 0 Å². The van der Waals surface area contributed by atoms with Crippen LogP contribution in [-0.2, 0) is 28.5 Å². The zero-order valence-electron chi connectivity index (χ0n) is 17.2. The summed E-state index contributed by atoms with van der Waals surface area (Å²) in [7, 11) is 1.53. The van der Waals surface area contributed by atoms with E-state index in [4.69, 9.17) is 39.7 Å². The fourth-order valence-corrected chi connectivity index (χ4v) is 5.00. The van der Waals surface area contributed by atoms with E-state index in [0.29, 0.717) is 5.76 Å². The molecule has 6 atom stereocenters. The summed E-state index contributed by atoms with van der Waals surface area (Å²) in [6.45, 7) is 7.16. The van der Waals surface area contributed by atoms with Gasteiger partial charge in [-0.1, -0.05) is 0 Å². The number of carbonyl (C=O) groups is 1. The Morgan fingerprint density at radius 2 is 1.87 bits per heavy atom. The second-order valence-electron chi connectivity index (χ2n) is 8.37. The summed E-state index contributed by atoms with van der Waals surface area (Å²) in [5.74, 6) is -1.34. The lowest BCUT2D eigenvalue weighted by Gasteiger charge is -2.48. The summed E-state index contributed by atoms with van der Waals surface area (Å²) >= 11 is 9.02. The molecule has 1 aliphatic carbocycles. The van der Waals surface area contributed by atoms with Crippen molar-refractivity contribution in [2.75, 3.05) is 7.11 Å². The number of carbonyl (C=O) groups excluding carboxylic acids is 1. The Morgan fingerprint density at radius 1 is 1.17 bits per heavy atom. The molecule has 3 fully saturated rings. The molecule has 3 heterocycles. The summed E-state index contributed by atoms with van der Waals surface area (Å²) in [6.07, 6.45) is -2.02. The molecule has 1 saturated carbocycles. The molecule has 1 aromatic rings. The number of amides is 1. The number of rotatable bonds is 3. The van der Waals surface area contributed by atoms with Crippen LogP contribution in [0.2, 0.25) is 5.22 Å². The summed E-state index contributed by atoms with van der Waals surface area (Å²) < 4.78 is 36.7. The van der Waals surface area contributed by atoms with E-state index in [0.717, 1.165) is 0 Å². The van der Waals surface area contributed by atoms with Gasteiger partial charge in [-0.2, -0.15) is 0 Å². The van der Waals surface area contributed by atoms with Crippen LogP contribution in [0.25, 0.3) is 0 Å². The molecule has 1 aromatic heterocycles. The van der Waals surface area contributed by atoms with Gasteiger partial charge in [-0.3, -0.25) is 4.79 Å². The minimum absolute atomic E-state index is 0.211. The van der Waals surface area contributed by atoms with Gasteiger partial charge >= 0.3 is 0 Å². The van der Waals surface area contributed by atoms with Crippen LogP contribution in [0.15, 0.2) is 16.5 Å². The molecule has 2 aliphatic heterocycles. The monoisotopic (exact) mass is 503 g/mol. The molecule has 30 heavy (non-hydrogen) atoms. The smallest absolute Gasteiger partial charge is 0.297 e. The molecule has 0 aromatic carbocycles. The summed E-state index contributed by atoms with van der Waals surface area (Å²) in [5.41, 5.74) is 0. The minimum Gasteiger partial charge on any atom is -0.449 e. The lowest BCUT2D eigenvalue weighted by Crippen LogP contribution is -2.69. The minimum atomic E-state index is -1.30. The Hall–Kier alpha value is -1.12. The van der Waals surface area contributed by atoms with Crippen molar-refractivity contribution in [2.24, 2.45) is 0 Å². The summed E-state index contributed by atoms with van der Waals surface area (Å²) in [6, 6.07) is 2.75. The van der Waals surface area contributed by atoms with Crippen molar-refractivity contribution in [3.63, 3.8) is 0 Å². The normalized spacial score (nSPS) is 38.3. The Morgan fingerprint density at radius 3 is 2.47 bits per heavy atom.